The maximum absolute atomic E-state index is 12.9. The minimum absolute atomic E-state index is 0.0258. The highest BCUT2D eigenvalue weighted by atomic mass is 19.1. The second-order valence-electron chi connectivity index (χ2n) is 5.23. The number of ether oxygens (including phenoxy) is 2. The van der Waals surface area contributed by atoms with Gasteiger partial charge in [0.15, 0.2) is 6.29 Å². The molecule has 1 unspecified atom stereocenters. The van der Waals surface area contributed by atoms with Gasteiger partial charge in [-0.3, -0.25) is 0 Å². The van der Waals surface area contributed by atoms with Crippen molar-refractivity contribution in [3.05, 3.63) is 11.9 Å². The van der Waals surface area contributed by atoms with Gasteiger partial charge in [0.05, 0.1) is 19.0 Å². The summed E-state index contributed by atoms with van der Waals surface area (Å²) in [7, 11) is 0. The van der Waals surface area contributed by atoms with Crippen LogP contribution in [-0.4, -0.2) is 19.5 Å². The van der Waals surface area contributed by atoms with E-state index in [-0.39, 0.29) is 12.1 Å². The Hall–Kier alpha value is -0.410. The zero-order valence-electron chi connectivity index (χ0n) is 10.7. The van der Waals surface area contributed by atoms with E-state index < -0.39 is 0 Å². The summed E-state index contributed by atoms with van der Waals surface area (Å²) in [5.74, 6) is 0.932. The predicted octanol–water partition coefficient (Wildman–Crippen LogP) is 3.82. The van der Waals surface area contributed by atoms with Crippen molar-refractivity contribution in [2.75, 3.05) is 13.2 Å². The van der Waals surface area contributed by atoms with E-state index >= 15 is 0 Å². The first-order valence-corrected chi connectivity index (χ1v) is 6.87. The molecular weight excluding hydrogens is 219 g/mol. The van der Waals surface area contributed by atoms with E-state index in [0.717, 1.165) is 26.1 Å². The lowest BCUT2D eigenvalue weighted by Crippen LogP contribution is -2.37. The lowest BCUT2D eigenvalue weighted by atomic mass is 9.92. The van der Waals surface area contributed by atoms with Crippen molar-refractivity contribution in [1.82, 2.24) is 0 Å². The number of hydrogen-bond donors (Lipinski definition) is 0. The van der Waals surface area contributed by atoms with Crippen LogP contribution in [0.25, 0.3) is 0 Å². The second-order valence-corrected chi connectivity index (χ2v) is 5.23. The Bertz CT molecular complexity index is 257. The SMILES string of the molecule is CCCC[C@H]1CO[C@H](C2CC=C(F)CC2)OC1. The van der Waals surface area contributed by atoms with E-state index in [1.54, 1.807) is 6.08 Å². The normalized spacial score (nSPS) is 34.5. The molecule has 3 heteroatoms. The second kappa shape index (κ2) is 6.50. The average molecular weight is 242 g/mol. The lowest BCUT2D eigenvalue weighted by Gasteiger charge is -2.35. The van der Waals surface area contributed by atoms with Gasteiger partial charge in [0.25, 0.3) is 0 Å². The van der Waals surface area contributed by atoms with E-state index in [4.69, 9.17) is 9.47 Å². The van der Waals surface area contributed by atoms with Crippen molar-refractivity contribution in [2.45, 2.75) is 51.7 Å². The zero-order valence-corrected chi connectivity index (χ0v) is 10.7. The van der Waals surface area contributed by atoms with Gasteiger partial charge in [-0.2, -0.15) is 0 Å². The summed E-state index contributed by atoms with van der Waals surface area (Å²) in [5.41, 5.74) is 0. The molecule has 1 atom stereocenters. The first-order valence-electron chi connectivity index (χ1n) is 6.87. The van der Waals surface area contributed by atoms with Gasteiger partial charge in [-0.05, 0) is 25.7 Å². The summed E-state index contributed by atoms with van der Waals surface area (Å²) in [6.45, 7) is 3.83. The van der Waals surface area contributed by atoms with E-state index in [1.807, 2.05) is 0 Å². The topological polar surface area (TPSA) is 18.5 Å². The standard InChI is InChI=1S/C14H23FO2/c1-2-3-4-11-9-16-14(17-10-11)12-5-7-13(15)8-6-12/h7,11-12,14H,2-6,8-10H2,1H3/t11-,12?,14-. The van der Waals surface area contributed by atoms with E-state index in [0.29, 0.717) is 18.3 Å². The van der Waals surface area contributed by atoms with Crippen molar-refractivity contribution in [3.63, 3.8) is 0 Å². The number of rotatable bonds is 4. The van der Waals surface area contributed by atoms with Crippen molar-refractivity contribution < 1.29 is 13.9 Å². The van der Waals surface area contributed by atoms with Gasteiger partial charge in [-0.1, -0.05) is 25.8 Å². The molecule has 17 heavy (non-hydrogen) atoms. The van der Waals surface area contributed by atoms with Crippen LogP contribution in [0, 0.1) is 11.8 Å². The maximum Gasteiger partial charge on any atom is 0.160 e. The first kappa shape index (κ1) is 13.0. The van der Waals surface area contributed by atoms with Crippen LogP contribution in [0.3, 0.4) is 0 Å². The fourth-order valence-corrected chi connectivity index (χ4v) is 2.56. The van der Waals surface area contributed by atoms with Crippen LogP contribution in [0.1, 0.15) is 45.4 Å². The number of unbranched alkanes of at least 4 members (excludes halogenated alkanes) is 1. The Morgan fingerprint density at radius 1 is 1.35 bits per heavy atom. The van der Waals surface area contributed by atoms with Crippen molar-refractivity contribution in [1.29, 1.82) is 0 Å². The third kappa shape index (κ3) is 3.78. The number of allylic oxidation sites excluding steroid dienone is 2. The predicted molar refractivity (Wildman–Crippen MR) is 65.2 cm³/mol. The fourth-order valence-electron chi connectivity index (χ4n) is 2.56. The summed E-state index contributed by atoms with van der Waals surface area (Å²) in [6.07, 6.45) is 7.42. The van der Waals surface area contributed by atoms with Gasteiger partial charge in [0.2, 0.25) is 0 Å². The molecule has 1 aliphatic heterocycles. The summed E-state index contributed by atoms with van der Waals surface area (Å²) in [6, 6.07) is 0. The molecule has 0 saturated carbocycles. The highest BCUT2D eigenvalue weighted by Crippen LogP contribution is 2.31. The first-order chi connectivity index (χ1) is 8.29. The smallest absolute Gasteiger partial charge is 0.160 e. The molecular formula is C14H23FO2. The molecule has 98 valence electrons. The molecule has 1 heterocycles. The summed E-state index contributed by atoms with van der Waals surface area (Å²) in [4.78, 5) is 0. The highest BCUT2D eigenvalue weighted by Gasteiger charge is 2.30. The van der Waals surface area contributed by atoms with Crippen LogP contribution in [0.4, 0.5) is 4.39 Å². The molecule has 2 aliphatic rings. The van der Waals surface area contributed by atoms with Crippen LogP contribution in [-0.2, 0) is 9.47 Å². The Kier molecular flexibility index (Phi) is 4.99. The van der Waals surface area contributed by atoms with Crippen molar-refractivity contribution in [2.24, 2.45) is 11.8 Å². The van der Waals surface area contributed by atoms with Crippen LogP contribution in [0.15, 0.2) is 11.9 Å². The van der Waals surface area contributed by atoms with E-state index in [1.165, 1.54) is 19.3 Å². The third-order valence-corrected chi connectivity index (χ3v) is 3.74. The number of halogens is 1. The minimum atomic E-state index is -0.0998. The van der Waals surface area contributed by atoms with Crippen molar-refractivity contribution in [3.8, 4) is 0 Å². The van der Waals surface area contributed by atoms with Gasteiger partial charge < -0.3 is 9.47 Å². The van der Waals surface area contributed by atoms with Crippen LogP contribution >= 0.6 is 0 Å². The molecule has 1 saturated heterocycles. The van der Waals surface area contributed by atoms with Crippen LogP contribution in [0.2, 0.25) is 0 Å². The van der Waals surface area contributed by atoms with Gasteiger partial charge in [0, 0.05) is 11.8 Å². The van der Waals surface area contributed by atoms with Crippen LogP contribution in [0.5, 0.6) is 0 Å². The molecule has 0 bridgehead atoms. The summed E-state index contributed by atoms with van der Waals surface area (Å²) < 4.78 is 24.5. The van der Waals surface area contributed by atoms with Crippen LogP contribution < -0.4 is 0 Å². The number of hydrogen-bond acceptors (Lipinski definition) is 2. The Morgan fingerprint density at radius 2 is 2.12 bits per heavy atom. The molecule has 0 N–H and O–H groups in total. The quantitative estimate of drug-likeness (QED) is 0.746. The van der Waals surface area contributed by atoms with Crippen molar-refractivity contribution >= 4 is 0 Å². The molecule has 0 radical (unpaired) electrons. The Balaban J connectivity index is 1.72. The monoisotopic (exact) mass is 242 g/mol. The average Bonchev–Trinajstić information content (AvgIpc) is 2.38. The van der Waals surface area contributed by atoms with E-state index in [2.05, 4.69) is 6.92 Å². The summed E-state index contributed by atoms with van der Waals surface area (Å²) in [5, 5.41) is 0. The fraction of sp³-hybridized carbons (Fsp3) is 0.857. The highest BCUT2D eigenvalue weighted by molar-refractivity contribution is 4.98. The maximum atomic E-state index is 12.9. The van der Waals surface area contributed by atoms with Gasteiger partial charge in [-0.15, -0.1) is 0 Å². The van der Waals surface area contributed by atoms with Gasteiger partial charge in [-0.25, -0.2) is 4.39 Å². The van der Waals surface area contributed by atoms with Gasteiger partial charge in [0.1, 0.15) is 0 Å². The molecule has 2 nitrogen and oxygen atoms in total. The minimum Gasteiger partial charge on any atom is -0.352 e. The molecule has 0 aromatic heterocycles. The van der Waals surface area contributed by atoms with Gasteiger partial charge >= 0.3 is 0 Å². The molecule has 0 spiro atoms. The largest absolute Gasteiger partial charge is 0.352 e. The Labute approximate surface area is 103 Å². The zero-order chi connectivity index (χ0) is 12.1. The molecule has 0 aromatic rings. The Morgan fingerprint density at radius 3 is 2.71 bits per heavy atom. The molecule has 0 amide bonds. The molecule has 0 aromatic carbocycles. The molecule has 1 fully saturated rings. The molecule has 1 aliphatic carbocycles. The molecule has 2 rings (SSSR count). The third-order valence-electron chi connectivity index (χ3n) is 3.74. The summed E-state index contributed by atoms with van der Waals surface area (Å²) >= 11 is 0. The van der Waals surface area contributed by atoms with E-state index in [9.17, 15) is 4.39 Å². The lowest BCUT2D eigenvalue weighted by molar-refractivity contribution is -0.226.